The molecule has 2 atom stereocenters. The Morgan fingerprint density at radius 1 is 1.12 bits per heavy atom. The van der Waals surface area contributed by atoms with Crippen LogP contribution in [0, 0.1) is 0 Å². The Labute approximate surface area is 195 Å². The van der Waals surface area contributed by atoms with Crippen molar-refractivity contribution in [3.63, 3.8) is 0 Å². The summed E-state index contributed by atoms with van der Waals surface area (Å²) >= 11 is 0. The summed E-state index contributed by atoms with van der Waals surface area (Å²) in [7, 11) is 4.32. The molecule has 0 bridgehead atoms. The highest BCUT2D eigenvalue weighted by atomic mass is 31.0. The zero-order valence-corrected chi connectivity index (χ0v) is 19.6. The molecule has 0 fully saturated rings. The number of hydrogen-bond acceptors (Lipinski definition) is 5. The summed E-state index contributed by atoms with van der Waals surface area (Å²) in [5.41, 5.74) is 3.00. The smallest absolute Gasteiger partial charge is 0.261 e. The zero-order valence-electron chi connectivity index (χ0n) is 18.5. The van der Waals surface area contributed by atoms with Crippen molar-refractivity contribution >= 4 is 33.2 Å². The predicted octanol–water partition coefficient (Wildman–Crippen LogP) is 3.69. The first-order chi connectivity index (χ1) is 15.9. The van der Waals surface area contributed by atoms with Gasteiger partial charge in [-0.2, -0.15) is 0 Å². The van der Waals surface area contributed by atoms with Crippen molar-refractivity contribution < 1.29 is 19.1 Å². The minimum absolute atomic E-state index is 0.0527. The summed E-state index contributed by atoms with van der Waals surface area (Å²) < 4.78 is 6.23. The maximum Gasteiger partial charge on any atom is 0.261 e. The third kappa shape index (κ3) is 4.46. The Balaban J connectivity index is 1.68. The number of hydrogen-bond donors (Lipinski definition) is 0. The van der Waals surface area contributed by atoms with E-state index >= 15 is 0 Å². The number of rotatable bonds is 8. The number of benzene rings is 2. The van der Waals surface area contributed by atoms with E-state index in [1.54, 1.807) is 60.9 Å². The maximum atomic E-state index is 13.0. The topological polar surface area (TPSA) is 79.3 Å². The molecule has 33 heavy (non-hydrogen) atoms. The van der Waals surface area contributed by atoms with E-state index in [2.05, 4.69) is 20.8 Å². The van der Waals surface area contributed by atoms with E-state index in [4.69, 9.17) is 4.74 Å². The van der Waals surface area contributed by atoms with Crippen LogP contribution in [0.15, 0.2) is 54.2 Å². The number of ether oxygens (including phenoxy) is 1. The Hall–Kier alpha value is -3.31. The average molecular weight is 463 g/mol. The van der Waals surface area contributed by atoms with Crippen molar-refractivity contribution in [2.24, 2.45) is 4.99 Å². The van der Waals surface area contributed by atoms with Gasteiger partial charge in [0, 0.05) is 24.6 Å². The summed E-state index contributed by atoms with van der Waals surface area (Å²) in [5.74, 6) is -0.357. The number of carbonyl (C=O) groups is 3. The number of ketones is 1. The van der Waals surface area contributed by atoms with E-state index in [0.717, 1.165) is 12.0 Å². The Kier molecular flexibility index (Phi) is 6.70. The van der Waals surface area contributed by atoms with Gasteiger partial charge < -0.3 is 9.64 Å². The monoisotopic (exact) mass is 463 g/mol. The van der Waals surface area contributed by atoms with Crippen LogP contribution in [-0.2, 0) is 13.0 Å². The van der Waals surface area contributed by atoms with E-state index in [1.165, 1.54) is 4.90 Å². The first-order valence-electron chi connectivity index (χ1n) is 10.8. The number of nitrogens with zero attached hydrogens (tertiary/aromatic N) is 3. The summed E-state index contributed by atoms with van der Waals surface area (Å²) in [4.78, 5) is 45.6. The summed E-state index contributed by atoms with van der Waals surface area (Å²) in [5, 5.41) is 0. The third-order valence-corrected chi connectivity index (χ3v) is 6.23. The van der Waals surface area contributed by atoms with Gasteiger partial charge in [0.05, 0.1) is 30.6 Å². The minimum atomic E-state index is -0.333. The Morgan fingerprint density at radius 3 is 2.45 bits per heavy atom. The molecule has 2 unspecified atom stereocenters. The fourth-order valence-corrected chi connectivity index (χ4v) is 4.72. The van der Waals surface area contributed by atoms with E-state index in [9.17, 15) is 14.4 Å². The highest BCUT2D eigenvalue weighted by molar-refractivity contribution is 7.17. The van der Waals surface area contributed by atoms with Crippen LogP contribution < -0.4 is 4.74 Å². The van der Waals surface area contributed by atoms with E-state index in [0.29, 0.717) is 47.4 Å². The van der Waals surface area contributed by atoms with Gasteiger partial charge in [-0.15, -0.1) is 0 Å². The number of amides is 2. The molecule has 1 aliphatic heterocycles. The van der Waals surface area contributed by atoms with Gasteiger partial charge in [-0.1, -0.05) is 28.0 Å². The summed E-state index contributed by atoms with van der Waals surface area (Å²) in [6.07, 6.45) is 5.22. The highest BCUT2D eigenvalue weighted by Crippen LogP contribution is 2.35. The molecule has 2 amide bonds. The molecule has 0 aromatic heterocycles. The molecule has 2 aromatic rings. The van der Waals surface area contributed by atoms with Crippen LogP contribution in [0.2, 0.25) is 0 Å². The van der Waals surface area contributed by atoms with Crippen LogP contribution in [0.3, 0.4) is 0 Å². The van der Waals surface area contributed by atoms with Crippen molar-refractivity contribution in [1.82, 2.24) is 9.80 Å². The normalized spacial score (nSPS) is 16.1. The van der Waals surface area contributed by atoms with Crippen LogP contribution in [0.1, 0.15) is 55.0 Å². The van der Waals surface area contributed by atoms with Gasteiger partial charge in [-0.05, 0) is 48.9 Å². The van der Waals surface area contributed by atoms with Gasteiger partial charge in [0.1, 0.15) is 11.6 Å². The standard InChI is InChI=1S/C25H26N3O4P/c1-3-27(15-26-2)14-23(33)32-22-12-11-17-16(9-6-10-21(17)29)20(22)13-28-24(30)18-7-4-5-8-19(18)25(28)31/h3-5,7-8,11-12,15,23H,1,6,9-10,13-14,33H2,2H3. The van der Waals surface area contributed by atoms with E-state index in [1.807, 2.05) is 0 Å². The molecule has 170 valence electrons. The number of aliphatic imine (C=N–C) groups is 1. The van der Waals surface area contributed by atoms with Crippen LogP contribution in [0.5, 0.6) is 5.75 Å². The molecule has 2 aromatic carbocycles. The molecule has 0 saturated carbocycles. The summed E-state index contributed by atoms with van der Waals surface area (Å²) in [6.45, 7) is 4.31. The lowest BCUT2D eigenvalue weighted by atomic mass is 9.86. The molecule has 8 heteroatoms. The quantitative estimate of drug-likeness (QED) is 0.258. The van der Waals surface area contributed by atoms with Crippen LogP contribution in [-0.4, -0.2) is 53.2 Å². The van der Waals surface area contributed by atoms with Crippen molar-refractivity contribution in [3.8, 4) is 5.75 Å². The second kappa shape index (κ2) is 9.67. The molecule has 0 spiro atoms. The molecule has 4 rings (SSSR count). The molecule has 1 heterocycles. The molecule has 0 radical (unpaired) electrons. The fourth-order valence-electron chi connectivity index (χ4n) is 4.33. The van der Waals surface area contributed by atoms with E-state index in [-0.39, 0.29) is 30.0 Å². The average Bonchev–Trinajstić information content (AvgIpc) is 3.05. The minimum Gasteiger partial charge on any atom is -0.484 e. The predicted molar refractivity (Wildman–Crippen MR) is 130 cm³/mol. The first kappa shape index (κ1) is 22.9. The van der Waals surface area contributed by atoms with Gasteiger partial charge in [0.15, 0.2) is 5.78 Å². The van der Waals surface area contributed by atoms with Crippen LogP contribution in [0.4, 0.5) is 0 Å². The third-order valence-electron chi connectivity index (χ3n) is 5.88. The molecule has 7 nitrogen and oxygen atoms in total. The Bertz CT molecular complexity index is 1130. The molecule has 0 N–H and O–H groups in total. The van der Waals surface area contributed by atoms with Gasteiger partial charge in [0.25, 0.3) is 11.8 Å². The molecular formula is C25H26N3O4P. The van der Waals surface area contributed by atoms with Gasteiger partial charge in [0.2, 0.25) is 0 Å². The maximum absolute atomic E-state index is 13.0. The Morgan fingerprint density at radius 2 is 1.82 bits per heavy atom. The number of fused-ring (bicyclic) bond motifs is 2. The van der Waals surface area contributed by atoms with Crippen LogP contribution in [0.25, 0.3) is 0 Å². The van der Waals surface area contributed by atoms with Gasteiger partial charge in [-0.3, -0.25) is 24.3 Å². The molecule has 2 aliphatic rings. The lowest BCUT2D eigenvalue weighted by Crippen LogP contribution is -2.31. The van der Waals surface area contributed by atoms with Crippen molar-refractivity contribution in [3.05, 3.63) is 77.0 Å². The second-order valence-electron chi connectivity index (χ2n) is 8.00. The second-order valence-corrected chi connectivity index (χ2v) is 8.74. The SMILES string of the molecule is C=CN(C=NC)CC(P)Oc1ccc2c(c1CN1C(=O)c3ccccc3C1=O)CCCC2=O. The first-order valence-corrected chi connectivity index (χ1v) is 11.5. The molecule has 0 saturated heterocycles. The van der Waals surface area contributed by atoms with Gasteiger partial charge in [-0.25, -0.2) is 0 Å². The van der Waals surface area contributed by atoms with Crippen molar-refractivity contribution in [1.29, 1.82) is 0 Å². The van der Waals surface area contributed by atoms with Gasteiger partial charge >= 0.3 is 0 Å². The summed E-state index contributed by atoms with van der Waals surface area (Å²) in [6, 6.07) is 10.4. The highest BCUT2D eigenvalue weighted by Gasteiger charge is 2.36. The van der Waals surface area contributed by atoms with Crippen molar-refractivity contribution in [2.75, 3.05) is 13.6 Å². The van der Waals surface area contributed by atoms with Crippen LogP contribution >= 0.6 is 9.24 Å². The lowest BCUT2D eigenvalue weighted by molar-refractivity contribution is 0.0640. The number of imide groups is 1. The molecule has 1 aliphatic carbocycles. The lowest BCUT2D eigenvalue weighted by Gasteiger charge is -2.27. The zero-order chi connectivity index (χ0) is 23.5. The fraction of sp³-hybridized carbons (Fsp3) is 0.280. The van der Waals surface area contributed by atoms with Crippen molar-refractivity contribution in [2.45, 2.75) is 31.7 Å². The largest absolute Gasteiger partial charge is 0.484 e. The molecular weight excluding hydrogens is 437 g/mol. The number of carbonyl (C=O) groups excluding carboxylic acids is 3. The van der Waals surface area contributed by atoms with E-state index < -0.39 is 0 Å². The number of Topliss-reactive ketones (excluding diaryl/α,β-unsaturated/α-hetero) is 1.